The molecular weight excluding hydrogens is 234 g/mol. The highest BCUT2D eigenvalue weighted by Crippen LogP contribution is 2.10. The van der Waals surface area contributed by atoms with Crippen molar-refractivity contribution in [3.63, 3.8) is 0 Å². The standard InChI is InChI=1S/C8H5BrN3O/c9-7-3-1-6(2-4-7)8(13)5-11-12-10/h1-5H/q-1. The fraction of sp³-hybridized carbons (Fsp3) is 0. The molecule has 0 bridgehead atoms. The first-order valence-corrected chi connectivity index (χ1v) is 4.20. The van der Waals surface area contributed by atoms with Gasteiger partial charge in [-0.1, -0.05) is 15.9 Å². The molecule has 0 radical (unpaired) electrons. The van der Waals surface area contributed by atoms with Gasteiger partial charge in [0.2, 0.25) is 0 Å². The van der Waals surface area contributed by atoms with Crippen molar-refractivity contribution in [1.29, 1.82) is 0 Å². The number of ketones is 1. The molecule has 1 aromatic carbocycles. The Labute approximate surface area is 83.3 Å². The highest BCUT2D eigenvalue weighted by molar-refractivity contribution is 9.10. The van der Waals surface area contributed by atoms with Gasteiger partial charge in [-0.2, -0.15) is 0 Å². The van der Waals surface area contributed by atoms with Crippen LogP contribution >= 0.6 is 15.9 Å². The fourth-order valence-electron chi connectivity index (χ4n) is 0.767. The number of carbonyl (C=O) groups is 1. The van der Waals surface area contributed by atoms with E-state index in [0.717, 1.165) is 10.7 Å². The molecule has 0 aromatic heterocycles. The van der Waals surface area contributed by atoms with Crippen LogP contribution in [0.2, 0.25) is 0 Å². The van der Waals surface area contributed by atoms with E-state index >= 15 is 0 Å². The summed E-state index contributed by atoms with van der Waals surface area (Å²) in [4.78, 5) is 11.2. The summed E-state index contributed by atoms with van der Waals surface area (Å²) in [6.07, 6.45) is 0.948. The van der Waals surface area contributed by atoms with Gasteiger partial charge in [-0.05, 0) is 30.5 Å². The van der Waals surface area contributed by atoms with Crippen LogP contribution < -0.4 is 0 Å². The molecule has 0 amide bonds. The molecule has 13 heavy (non-hydrogen) atoms. The summed E-state index contributed by atoms with van der Waals surface area (Å²) < 4.78 is 0.896. The molecule has 5 heteroatoms. The van der Waals surface area contributed by atoms with Crippen LogP contribution in [0.3, 0.4) is 0 Å². The SMILES string of the molecule is [N-]=NN=CC(=O)c1ccc(Br)cc1. The maximum Gasteiger partial charge on any atom is 0.183 e. The average Bonchev–Trinajstić information content (AvgIpc) is 2.15. The van der Waals surface area contributed by atoms with Crippen molar-refractivity contribution in [1.82, 2.24) is 0 Å². The van der Waals surface area contributed by atoms with E-state index in [2.05, 4.69) is 26.3 Å². The van der Waals surface area contributed by atoms with E-state index in [0.29, 0.717) is 5.56 Å². The van der Waals surface area contributed by atoms with E-state index < -0.39 is 0 Å². The smallest absolute Gasteiger partial charge is 0.183 e. The highest BCUT2D eigenvalue weighted by Gasteiger charge is 1.98. The quantitative estimate of drug-likeness (QED) is 0.346. The Bertz CT molecular complexity index is 345. The normalized spacial score (nSPS) is 10.2. The van der Waals surface area contributed by atoms with E-state index in [9.17, 15) is 4.79 Å². The van der Waals surface area contributed by atoms with Crippen molar-refractivity contribution in [2.75, 3.05) is 0 Å². The van der Waals surface area contributed by atoms with Gasteiger partial charge in [0.05, 0.1) is 0 Å². The van der Waals surface area contributed by atoms with Crippen LogP contribution in [0, 0.1) is 0 Å². The van der Waals surface area contributed by atoms with Gasteiger partial charge in [0.15, 0.2) is 5.78 Å². The van der Waals surface area contributed by atoms with E-state index in [4.69, 9.17) is 5.53 Å². The summed E-state index contributed by atoms with van der Waals surface area (Å²) >= 11 is 3.24. The molecule has 0 fully saturated rings. The maximum absolute atomic E-state index is 11.2. The molecule has 0 N–H and O–H groups in total. The zero-order valence-corrected chi connectivity index (χ0v) is 8.10. The Hall–Kier alpha value is -1.36. The number of hydrogen-bond donors (Lipinski definition) is 0. The van der Waals surface area contributed by atoms with E-state index in [1.165, 1.54) is 0 Å². The molecule has 0 aliphatic heterocycles. The van der Waals surface area contributed by atoms with Gasteiger partial charge in [-0.3, -0.25) is 10.0 Å². The number of benzene rings is 1. The number of Topliss-reactive ketones (excluding diaryl/α,β-unsaturated/α-hetero) is 1. The second kappa shape index (κ2) is 4.61. The van der Waals surface area contributed by atoms with E-state index in [-0.39, 0.29) is 5.78 Å². The third-order valence-electron chi connectivity index (χ3n) is 1.36. The molecule has 0 heterocycles. The van der Waals surface area contributed by atoms with Crippen LogP contribution in [-0.2, 0) is 0 Å². The van der Waals surface area contributed by atoms with Crippen molar-refractivity contribution in [3.8, 4) is 0 Å². The molecule has 1 rings (SSSR count). The number of halogens is 1. The van der Waals surface area contributed by atoms with Crippen LogP contribution in [0.5, 0.6) is 0 Å². The minimum absolute atomic E-state index is 0.301. The van der Waals surface area contributed by atoms with E-state index in [1.807, 2.05) is 0 Å². The lowest BCUT2D eigenvalue weighted by Gasteiger charge is -1.96. The molecule has 0 aliphatic carbocycles. The molecule has 0 atom stereocenters. The van der Waals surface area contributed by atoms with Gasteiger partial charge in [0.25, 0.3) is 0 Å². The van der Waals surface area contributed by atoms with Crippen molar-refractivity contribution >= 4 is 27.9 Å². The molecule has 0 saturated heterocycles. The van der Waals surface area contributed by atoms with Crippen molar-refractivity contribution in [2.24, 2.45) is 10.3 Å². The molecule has 0 spiro atoms. The molecule has 1 aromatic rings. The summed E-state index contributed by atoms with van der Waals surface area (Å²) in [7, 11) is 0. The molecule has 0 aliphatic rings. The monoisotopic (exact) mass is 238 g/mol. The number of hydrogen-bond acceptors (Lipinski definition) is 2. The van der Waals surface area contributed by atoms with Crippen LogP contribution in [0.15, 0.2) is 39.1 Å². The maximum atomic E-state index is 11.2. The van der Waals surface area contributed by atoms with Gasteiger partial charge in [-0.15, -0.1) is 0 Å². The number of rotatable bonds is 3. The van der Waals surface area contributed by atoms with Crippen LogP contribution in [-0.4, -0.2) is 12.0 Å². The van der Waals surface area contributed by atoms with Gasteiger partial charge in [-0.25, -0.2) is 0 Å². The van der Waals surface area contributed by atoms with E-state index in [1.54, 1.807) is 24.3 Å². The van der Waals surface area contributed by atoms with Gasteiger partial charge in [0.1, 0.15) is 0 Å². The topological polar surface area (TPSA) is 64.1 Å². The summed E-state index contributed by atoms with van der Waals surface area (Å²) in [5.74, 6) is -0.301. The summed E-state index contributed by atoms with van der Waals surface area (Å²) in [5.41, 5.74) is 8.47. The molecular formula is C8H5BrN3O-. The zero-order chi connectivity index (χ0) is 9.68. The Kier molecular flexibility index (Phi) is 3.45. The number of carbonyl (C=O) groups excluding carboxylic acids is 1. The summed E-state index contributed by atoms with van der Waals surface area (Å²) in [6.45, 7) is 0. The van der Waals surface area contributed by atoms with Crippen LogP contribution in [0.25, 0.3) is 5.53 Å². The third kappa shape index (κ3) is 2.87. The van der Waals surface area contributed by atoms with Crippen molar-refractivity contribution < 1.29 is 4.79 Å². The fourth-order valence-corrected chi connectivity index (χ4v) is 1.03. The summed E-state index contributed by atoms with van der Waals surface area (Å²) in [6, 6.07) is 6.79. The number of nitrogens with zero attached hydrogens (tertiary/aromatic N) is 3. The zero-order valence-electron chi connectivity index (χ0n) is 6.51. The first-order valence-electron chi connectivity index (χ1n) is 3.41. The first-order chi connectivity index (χ1) is 6.24. The van der Waals surface area contributed by atoms with Crippen molar-refractivity contribution in [2.45, 2.75) is 0 Å². The Balaban J connectivity index is 2.83. The van der Waals surface area contributed by atoms with Gasteiger partial charge >= 0.3 is 0 Å². The van der Waals surface area contributed by atoms with Crippen molar-refractivity contribution in [3.05, 3.63) is 39.8 Å². The second-order valence-corrected chi connectivity index (χ2v) is 3.12. The molecule has 4 nitrogen and oxygen atoms in total. The summed E-state index contributed by atoms with van der Waals surface area (Å²) in [5, 5.41) is 5.52. The lowest BCUT2D eigenvalue weighted by Crippen LogP contribution is -1.98. The first kappa shape index (κ1) is 9.73. The Morgan fingerprint density at radius 1 is 1.38 bits per heavy atom. The third-order valence-corrected chi connectivity index (χ3v) is 1.88. The Morgan fingerprint density at radius 2 is 2.00 bits per heavy atom. The Morgan fingerprint density at radius 3 is 2.54 bits per heavy atom. The average molecular weight is 239 g/mol. The molecule has 0 unspecified atom stereocenters. The minimum Gasteiger partial charge on any atom is -0.362 e. The lowest BCUT2D eigenvalue weighted by molar-refractivity contribution is 0.107. The minimum atomic E-state index is -0.301. The van der Waals surface area contributed by atoms with Crippen LogP contribution in [0.1, 0.15) is 10.4 Å². The van der Waals surface area contributed by atoms with Gasteiger partial charge in [0, 0.05) is 10.0 Å². The predicted molar refractivity (Wildman–Crippen MR) is 52.8 cm³/mol. The highest BCUT2D eigenvalue weighted by atomic mass is 79.9. The molecule has 0 saturated carbocycles. The van der Waals surface area contributed by atoms with Crippen LogP contribution in [0.4, 0.5) is 0 Å². The predicted octanol–water partition coefficient (Wildman–Crippen LogP) is 2.64. The molecule has 66 valence electrons. The van der Waals surface area contributed by atoms with Gasteiger partial charge < -0.3 is 10.6 Å². The second-order valence-electron chi connectivity index (χ2n) is 2.21. The lowest BCUT2D eigenvalue weighted by atomic mass is 10.1. The largest absolute Gasteiger partial charge is 0.362 e.